The van der Waals surface area contributed by atoms with Crippen molar-refractivity contribution in [3.8, 4) is 11.3 Å². The Kier molecular flexibility index (Phi) is 3.29. The molecule has 5 heteroatoms. The fraction of sp³-hybridized carbons (Fsp3) is 0.500. The summed E-state index contributed by atoms with van der Waals surface area (Å²) in [6.45, 7) is 6.24. The lowest BCUT2D eigenvalue weighted by Crippen LogP contribution is -2.12. The molecule has 1 saturated heterocycles. The van der Waals surface area contributed by atoms with Crippen molar-refractivity contribution in [2.24, 2.45) is 5.92 Å². The van der Waals surface area contributed by atoms with Crippen LogP contribution in [-0.4, -0.2) is 33.3 Å². The van der Waals surface area contributed by atoms with Gasteiger partial charge in [0.25, 0.3) is 0 Å². The van der Waals surface area contributed by atoms with Gasteiger partial charge in [-0.15, -0.1) is 0 Å². The second kappa shape index (κ2) is 5.09. The molecule has 5 nitrogen and oxygen atoms in total. The number of nitrogens with zero attached hydrogens (tertiary/aromatic N) is 3. The lowest BCUT2D eigenvalue weighted by Gasteiger charge is -2.11. The van der Waals surface area contributed by atoms with Gasteiger partial charge in [0.15, 0.2) is 0 Å². The van der Waals surface area contributed by atoms with Crippen LogP contribution in [0.5, 0.6) is 0 Å². The molecule has 3 heterocycles. The first-order chi connectivity index (χ1) is 9.25. The highest BCUT2D eigenvalue weighted by Crippen LogP contribution is 2.27. The summed E-state index contributed by atoms with van der Waals surface area (Å²) in [6, 6.07) is 0. The molecule has 0 saturated carbocycles. The minimum atomic E-state index is 0.669. The standard InChI is InChI=1S/C14H19N5/c1-9-13(10(2)19-18-9)14-12(16-5-6-17-14)7-11-3-4-15-8-11/h5-6,11,15H,3-4,7-8H2,1-2H3,(H,18,19)/t11-/m1/s1. The minimum absolute atomic E-state index is 0.669. The van der Waals surface area contributed by atoms with Crippen LogP contribution in [0.2, 0.25) is 0 Å². The van der Waals surface area contributed by atoms with Crippen molar-refractivity contribution in [1.82, 2.24) is 25.5 Å². The van der Waals surface area contributed by atoms with Gasteiger partial charge < -0.3 is 5.32 Å². The first-order valence-corrected chi connectivity index (χ1v) is 6.78. The fourth-order valence-corrected chi connectivity index (χ4v) is 2.79. The Balaban J connectivity index is 1.97. The number of aromatic amines is 1. The van der Waals surface area contributed by atoms with Crippen molar-refractivity contribution in [3.63, 3.8) is 0 Å². The Morgan fingerprint density at radius 1 is 1.26 bits per heavy atom. The Bertz CT molecular complexity index is 549. The van der Waals surface area contributed by atoms with Crippen molar-refractivity contribution in [3.05, 3.63) is 29.5 Å². The van der Waals surface area contributed by atoms with Crippen LogP contribution < -0.4 is 5.32 Å². The van der Waals surface area contributed by atoms with Gasteiger partial charge in [0, 0.05) is 23.7 Å². The monoisotopic (exact) mass is 257 g/mol. The second-order valence-electron chi connectivity index (χ2n) is 5.22. The molecule has 100 valence electrons. The van der Waals surface area contributed by atoms with Crippen LogP contribution in [0.4, 0.5) is 0 Å². The Morgan fingerprint density at radius 3 is 2.79 bits per heavy atom. The predicted octanol–water partition coefficient (Wildman–Crippen LogP) is 1.64. The van der Waals surface area contributed by atoms with Gasteiger partial charge >= 0.3 is 0 Å². The normalized spacial score (nSPS) is 18.9. The molecular formula is C14H19N5. The van der Waals surface area contributed by atoms with Gasteiger partial charge in [-0.25, -0.2) is 0 Å². The zero-order valence-electron chi connectivity index (χ0n) is 11.4. The molecule has 0 unspecified atom stereocenters. The van der Waals surface area contributed by atoms with E-state index in [0.717, 1.165) is 47.8 Å². The van der Waals surface area contributed by atoms with E-state index in [4.69, 9.17) is 0 Å². The van der Waals surface area contributed by atoms with Crippen LogP contribution in [0.1, 0.15) is 23.5 Å². The maximum atomic E-state index is 4.55. The van der Waals surface area contributed by atoms with Crippen LogP contribution >= 0.6 is 0 Å². The highest BCUT2D eigenvalue weighted by molar-refractivity contribution is 5.66. The van der Waals surface area contributed by atoms with Crippen LogP contribution in [-0.2, 0) is 6.42 Å². The van der Waals surface area contributed by atoms with E-state index in [1.54, 1.807) is 12.4 Å². The molecule has 1 aliphatic rings. The van der Waals surface area contributed by atoms with E-state index in [-0.39, 0.29) is 0 Å². The smallest absolute Gasteiger partial charge is 0.0954 e. The van der Waals surface area contributed by atoms with Gasteiger partial charge in [0.2, 0.25) is 0 Å². The average molecular weight is 257 g/mol. The summed E-state index contributed by atoms with van der Waals surface area (Å²) >= 11 is 0. The molecule has 2 aromatic rings. The number of hydrogen-bond donors (Lipinski definition) is 2. The quantitative estimate of drug-likeness (QED) is 0.877. The Labute approximate surface area is 112 Å². The molecule has 2 N–H and O–H groups in total. The molecule has 19 heavy (non-hydrogen) atoms. The van der Waals surface area contributed by atoms with Crippen molar-refractivity contribution < 1.29 is 0 Å². The molecule has 0 bridgehead atoms. The lowest BCUT2D eigenvalue weighted by atomic mass is 9.98. The summed E-state index contributed by atoms with van der Waals surface area (Å²) in [7, 11) is 0. The summed E-state index contributed by atoms with van der Waals surface area (Å²) in [6.07, 6.45) is 5.75. The largest absolute Gasteiger partial charge is 0.316 e. The summed E-state index contributed by atoms with van der Waals surface area (Å²) in [5.74, 6) is 0.669. The van der Waals surface area contributed by atoms with Gasteiger partial charge in [0.05, 0.1) is 17.1 Å². The Morgan fingerprint density at radius 2 is 2.11 bits per heavy atom. The van der Waals surface area contributed by atoms with Crippen LogP contribution in [0, 0.1) is 19.8 Å². The van der Waals surface area contributed by atoms with Gasteiger partial charge in [-0.05, 0) is 45.7 Å². The van der Waals surface area contributed by atoms with Crippen LogP contribution in [0.3, 0.4) is 0 Å². The van der Waals surface area contributed by atoms with Gasteiger partial charge in [0.1, 0.15) is 0 Å². The summed E-state index contributed by atoms with van der Waals surface area (Å²) in [5, 5.41) is 10.7. The fourth-order valence-electron chi connectivity index (χ4n) is 2.79. The number of H-pyrrole nitrogens is 1. The van der Waals surface area contributed by atoms with Crippen molar-refractivity contribution >= 4 is 0 Å². The molecule has 1 aliphatic heterocycles. The van der Waals surface area contributed by atoms with Crippen LogP contribution in [0.15, 0.2) is 12.4 Å². The third-order valence-electron chi connectivity index (χ3n) is 3.78. The van der Waals surface area contributed by atoms with Crippen molar-refractivity contribution in [1.29, 1.82) is 0 Å². The molecule has 0 aliphatic carbocycles. The summed E-state index contributed by atoms with van der Waals surface area (Å²) in [5.41, 5.74) is 5.23. The Hall–Kier alpha value is -1.75. The SMILES string of the molecule is Cc1n[nH]c(C)c1-c1nccnc1C[C@H]1CCNC1. The van der Waals surface area contributed by atoms with E-state index in [9.17, 15) is 0 Å². The van der Waals surface area contributed by atoms with Crippen LogP contribution in [0.25, 0.3) is 11.3 Å². The number of hydrogen-bond acceptors (Lipinski definition) is 4. The van der Waals surface area contributed by atoms with Gasteiger partial charge in [-0.3, -0.25) is 15.1 Å². The van der Waals surface area contributed by atoms with E-state index in [0.29, 0.717) is 5.92 Å². The highest BCUT2D eigenvalue weighted by atomic mass is 15.1. The topological polar surface area (TPSA) is 66.5 Å². The van der Waals surface area contributed by atoms with Crippen molar-refractivity contribution in [2.45, 2.75) is 26.7 Å². The summed E-state index contributed by atoms with van der Waals surface area (Å²) < 4.78 is 0. The van der Waals surface area contributed by atoms with E-state index < -0.39 is 0 Å². The zero-order chi connectivity index (χ0) is 13.2. The molecule has 3 rings (SSSR count). The number of nitrogens with one attached hydrogen (secondary N) is 2. The van der Waals surface area contributed by atoms with Gasteiger partial charge in [-0.2, -0.15) is 5.10 Å². The van der Waals surface area contributed by atoms with E-state index in [1.165, 1.54) is 6.42 Å². The zero-order valence-corrected chi connectivity index (χ0v) is 11.4. The molecule has 1 fully saturated rings. The summed E-state index contributed by atoms with van der Waals surface area (Å²) in [4.78, 5) is 9.09. The van der Waals surface area contributed by atoms with Gasteiger partial charge in [-0.1, -0.05) is 0 Å². The predicted molar refractivity (Wildman–Crippen MR) is 73.8 cm³/mol. The van der Waals surface area contributed by atoms with E-state index in [2.05, 4.69) is 25.5 Å². The number of aromatic nitrogens is 4. The van der Waals surface area contributed by atoms with Crippen molar-refractivity contribution in [2.75, 3.05) is 13.1 Å². The molecule has 1 atom stereocenters. The molecular weight excluding hydrogens is 238 g/mol. The third-order valence-corrected chi connectivity index (χ3v) is 3.78. The molecule has 0 aromatic carbocycles. The van der Waals surface area contributed by atoms with E-state index in [1.807, 2.05) is 13.8 Å². The molecule has 0 amide bonds. The second-order valence-corrected chi connectivity index (χ2v) is 5.22. The first kappa shape index (κ1) is 12.3. The molecule has 0 radical (unpaired) electrons. The maximum absolute atomic E-state index is 4.55. The first-order valence-electron chi connectivity index (χ1n) is 6.78. The maximum Gasteiger partial charge on any atom is 0.0954 e. The lowest BCUT2D eigenvalue weighted by molar-refractivity contribution is 0.571. The highest BCUT2D eigenvalue weighted by Gasteiger charge is 2.20. The number of rotatable bonds is 3. The molecule has 0 spiro atoms. The minimum Gasteiger partial charge on any atom is -0.316 e. The number of aryl methyl sites for hydroxylation is 2. The average Bonchev–Trinajstić information content (AvgIpc) is 3.02. The van der Waals surface area contributed by atoms with E-state index >= 15 is 0 Å². The molecule has 2 aromatic heterocycles. The third kappa shape index (κ3) is 2.38.